The second-order valence-electron chi connectivity index (χ2n) is 6.92. The third-order valence-corrected chi connectivity index (χ3v) is 4.69. The average Bonchev–Trinajstić information content (AvgIpc) is 2.92. The summed E-state index contributed by atoms with van der Waals surface area (Å²) in [7, 11) is 1.41. The van der Waals surface area contributed by atoms with Crippen LogP contribution >= 0.6 is 0 Å². The van der Waals surface area contributed by atoms with Gasteiger partial charge < -0.3 is 5.32 Å². The van der Waals surface area contributed by atoms with E-state index < -0.39 is 17.6 Å². The lowest BCUT2D eigenvalue weighted by Crippen LogP contribution is -2.24. The van der Waals surface area contributed by atoms with Gasteiger partial charge in [0.15, 0.2) is 5.82 Å². The summed E-state index contributed by atoms with van der Waals surface area (Å²) >= 11 is 0. The van der Waals surface area contributed by atoms with Crippen LogP contribution in [0.25, 0.3) is 11.3 Å². The summed E-state index contributed by atoms with van der Waals surface area (Å²) < 4.78 is 13.3. The Balaban J connectivity index is 1.52. The number of fused-ring (bicyclic) bond motifs is 1. The molecule has 1 aromatic carbocycles. The molecule has 1 aliphatic heterocycles. The van der Waals surface area contributed by atoms with E-state index >= 15 is 0 Å². The molecule has 0 saturated heterocycles. The zero-order valence-corrected chi connectivity index (χ0v) is 16.1. The van der Waals surface area contributed by atoms with Gasteiger partial charge in [0.2, 0.25) is 5.91 Å². The molecule has 30 heavy (non-hydrogen) atoms. The number of hydrogen-bond acceptors (Lipinski definition) is 6. The van der Waals surface area contributed by atoms with Gasteiger partial charge in [0, 0.05) is 18.8 Å². The number of nitrogens with zero attached hydrogens (tertiary/aromatic N) is 4. The van der Waals surface area contributed by atoms with Crippen LogP contribution in [0.5, 0.6) is 0 Å². The van der Waals surface area contributed by atoms with Crippen molar-refractivity contribution in [3.63, 3.8) is 0 Å². The monoisotopic (exact) mass is 405 g/mol. The standard InChI is InChI=1S/C21H16FN5O3/c1-11-3-12(19-15(4-11)20(29)27(2)21(19)30)6-18(28)26-17-10-24-16(9-25-17)13-5-14(22)8-23-7-13/h3-5,7-10H,6H2,1-2H3,(H,25,26,28). The zero-order chi connectivity index (χ0) is 21.4. The van der Waals surface area contributed by atoms with Crippen LogP contribution in [-0.2, 0) is 11.2 Å². The van der Waals surface area contributed by atoms with Crippen molar-refractivity contribution in [1.29, 1.82) is 0 Å². The molecule has 2 aromatic heterocycles. The fraction of sp³-hybridized carbons (Fsp3) is 0.143. The normalized spacial score (nSPS) is 12.8. The quantitative estimate of drug-likeness (QED) is 0.669. The Labute approximate surface area is 170 Å². The molecular formula is C21H16FN5O3. The van der Waals surface area contributed by atoms with Gasteiger partial charge in [-0.1, -0.05) is 6.07 Å². The number of carbonyl (C=O) groups excluding carboxylic acids is 3. The lowest BCUT2D eigenvalue weighted by atomic mass is 9.97. The number of aryl methyl sites for hydroxylation is 1. The number of hydrogen-bond donors (Lipinski definition) is 1. The van der Waals surface area contributed by atoms with Gasteiger partial charge in [-0.15, -0.1) is 0 Å². The van der Waals surface area contributed by atoms with E-state index in [1.54, 1.807) is 19.1 Å². The van der Waals surface area contributed by atoms with E-state index in [4.69, 9.17) is 0 Å². The molecule has 8 nitrogen and oxygen atoms in total. The summed E-state index contributed by atoms with van der Waals surface area (Å²) in [6, 6.07) is 4.64. The molecule has 1 N–H and O–H groups in total. The number of nitrogens with one attached hydrogen (secondary N) is 1. The topological polar surface area (TPSA) is 105 Å². The van der Waals surface area contributed by atoms with Crippen LogP contribution in [-0.4, -0.2) is 44.6 Å². The fourth-order valence-corrected chi connectivity index (χ4v) is 3.32. The molecule has 0 atom stereocenters. The summed E-state index contributed by atoms with van der Waals surface area (Å²) in [6.45, 7) is 1.79. The van der Waals surface area contributed by atoms with Crippen LogP contribution < -0.4 is 5.32 Å². The maximum absolute atomic E-state index is 13.3. The minimum atomic E-state index is -0.490. The highest BCUT2D eigenvalue weighted by Gasteiger charge is 2.35. The van der Waals surface area contributed by atoms with Gasteiger partial charge >= 0.3 is 0 Å². The summed E-state index contributed by atoms with van der Waals surface area (Å²) in [6.07, 6.45) is 5.19. The number of rotatable bonds is 4. The van der Waals surface area contributed by atoms with E-state index in [1.807, 2.05) is 0 Å². The summed E-state index contributed by atoms with van der Waals surface area (Å²) in [5.74, 6) is -1.50. The molecule has 4 rings (SSSR count). The molecule has 3 aromatic rings. The van der Waals surface area contributed by atoms with Crippen molar-refractivity contribution in [3.8, 4) is 11.3 Å². The Morgan fingerprint density at radius 1 is 1.07 bits per heavy atom. The molecular weight excluding hydrogens is 389 g/mol. The highest BCUT2D eigenvalue weighted by Crippen LogP contribution is 2.27. The van der Waals surface area contributed by atoms with E-state index in [0.29, 0.717) is 22.4 Å². The number of halogens is 1. The second kappa shape index (κ2) is 7.43. The van der Waals surface area contributed by atoms with Crippen LogP contribution in [0, 0.1) is 12.7 Å². The largest absolute Gasteiger partial charge is 0.309 e. The molecule has 0 fully saturated rings. The number of imide groups is 1. The predicted molar refractivity (Wildman–Crippen MR) is 105 cm³/mol. The molecule has 0 saturated carbocycles. The van der Waals surface area contributed by atoms with E-state index in [1.165, 1.54) is 31.7 Å². The van der Waals surface area contributed by atoms with Crippen LogP contribution in [0.4, 0.5) is 10.2 Å². The first-order chi connectivity index (χ1) is 14.3. The van der Waals surface area contributed by atoms with Gasteiger partial charge in [0.05, 0.1) is 41.8 Å². The summed E-state index contributed by atoms with van der Waals surface area (Å²) in [4.78, 5) is 50.2. The van der Waals surface area contributed by atoms with Gasteiger partial charge in [-0.05, 0) is 30.2 Å². The Bertz CT molecular complexity index is 1190. The Kier molecular flexibility index (Phi) is 4.78. The smallest absolute Gasteiger partial charge is 0.261 e. The minimum Gasteiger partial charge on any atom is -0.309 e. The number of aromatic nitrogens is 3. The second-order valence-corrected chi connectivity index (χ2v) is 6.92. The third-order valence-electron chi connectivity index (χ3n) is 4.69. The van der Waals surface area contributed by atoms with Crippen LogP contribution in [0.3, 0.4) is 0 Å². The van der Waals surface area contributed by atoms with Crippen molar-refractivity contribution in [3.05, 3.63) is 71.1 Å². The van der Waals surface area contributed by atoms with Crippen molar-refractivity contribution >= 4 is 23.5 Å². The number of carbonyl (C=O) groups is 3. The molecule has 150 valence electrons. The van der Waals surface area contributed by atoms with Crippen molar-refractivity contribution in [2.75, 3.05) is 12.4 Å². The number of benzene rings is 1. The van der Waals surface area contributed by atoms with Gasteiger partial charge in [0.1, 0.15) is 5.82 Å². The molecule has 0 spiro atoms. The summed E-state index contributed by atoms with van der Waals surface area (Å²) in [5.41, 5.74) is 2.68. The van der Waals surface area contributed by atoms with E-state index in [9.17, 15) is 18.8 Å². The maximum atomic E-state index is 13.3. The molecule has 3 amide bonds. The Morgan fingerprint density at radius 2 is 1.87 bits per heavy atom. The first kappa shape index (κ1) is 19.3. The molecule has 0 aliphatic carbocycles. The molecule has 3 heterocycles. The molecule has 1 aliphatic rings. The average molecular weight is 405 g/mol. The predicted octanol–water partition coefficient (Wildman–Crippen LogP) is 2.39. The maximum Gasteiger partial charge on any atom is 0.261 e. The Morgan fingerprint density at radius 3 is 2.57 bits per heavy atom. The van der Waals surface area contributed by atoms with Crippen molar-refractivity contribution < 1.29 is 18.8 Å². The van der Waals surface area contributed by atoms with Crippen LogP contribution in [0.2, 0.25) is 0 Å². The highest BCUT2D eigenvalue weighted by molar-refractivity contribution is 6.22. The molecule has 0 radical (unpaired) electrons. The molecule has 0 bridgehead atoms. The van der Waals surface area contributed by atoms with Gasteiger partial charge in [-0.25, -0.2) is 9.37 Å². The number of anilines is 1. The molecule has 9 heteroatoms. The lowest BCUT2D eigenvalue weighted by Gasteiger charge is -2.09. The summed E-state index contributed by atoms with van der Waals surface area (Å²) in [5, 5.41) is 2.62. The first-order valence-corrected chi connectivity index (χ1v) is 9.02. The third kappa shape index (κ3) is 3.52. The number of pyridine rings is 1. The van der Waals surface area contributed by atoms with Gasteiger partial charge in [-0.3, -0.25) is 29.3 Å². The van der Waals surface area contributed by atoms with Crippen molar-refractivity contribution in [1.82, 2.24) is 19.9 Å². The van der Waals surface area contributed by atoms with Crippen molar-refractivity contribution in [2.24, 2.45) is 0 Å². The van der Waals surface area contributed by atoms with E-state index in [0.717, 1.165) is 16.7 Å². The molecule has 0 unspecified atom stereocenters. The lowest BCUT2D eigenvalue weighted by molar-refractivity contribution is -0.115. The highest BCUT2D eigenvalue weighted by atomic mass is 19.1. The van der Waals surface area contributed by atoms with Gasteiger partial charge in [0.25, 0.3) is 11.8 Å². The van der Waals surface area contributed by atoms with Crippen LogP contribution in [0.15, 0.2) is 43.0 Å². The Hall–Kier alpha value is -4.01. The number of amides is 3. The van der Waals surface area contributed by atoms with Crippen molar-refractivity contribution in [2.45, 2.75) is 13.3 Å². The zero-order valence-electron chi connectivity index (χ0n) is 16.1. The van der Waals surface area contributed by atoms with E-state index in [-0.39, 0.29) is 23.7 Å². The van der Waals surface area contributed by atoms with Crippen LogP contribution in [0.1, 0.15) is 31.8 Å². The minimum absolute atomic E-state index is 0.103. The van der Waals surface area contributed by atoms with E-state index in [2.05, 4.69) is 20.3 Å². The first-order valence-electron chi connectivity index (χ1n) is 9.02. The fourth-order valence-electron chi connectivity index (χ4n) is 3.32. The van der Waals surface area contributed by atoms with Gasteiger partial charge in [-0.2, -0.15) is 0 Å². The SMILES string of the molecule is Cc1cc(CC(=O)Nc2cnc(-c3cncc(F)c3)cn2)c2c(c1)C(=O)N(C)C2=O.